The Morgan fingerprint density at radius 2 is 1.93 bits per heavy atom. The molecule has 4 rings (SSSR count). The van der Waals surface area contributed by atoms with Gasteiger partial charge >= 0.3 is 0 Å². The summed E-state index contributed by atoms with van der Waals surface area (Å²) in [6, 6.07) is 9.14. The molecule has 8 heteroatoms. The van der Waals surface area contributed by atoms with E-state index in [0.717, 1.165) is 44.5 Å². The Morgan fingerprint density at radius 1 is 1.17 bits per heavy atom. The van der Waals surface area contributed by atoms with E-state index < -0.39 is 0 Å². The van der Waals surface area contributed by atoms with Crippen LogP contribution in [0.25, 0.3) is 0 Å². The van der Waals surface area contributed by atoms with Gasteiger partial charge in [-0.05, 0) is 36.8 Å². The molecule has 0 spiro atoms. The van der Waals surface area contributed by atoms with Crippen molar-refractivity contribution in [2.45, 2.75) is 50.7 Å². The van der Waals surface area contributed by atoms with Crippen LogP contribution in [0.2, 0.25) is 0 Å². The first kappa shape index (κ1) is 19.4. The minimum Gasteiger partial charge on any atom is -0.353 e. The number of aromatic nitrogens is 3. The van der Waals surface area contributed by atoms with E-state index in [1.165, 1.54) is 11.1 Å². The van der Waals surface area contributed by atoms with Crippen LogP contribution in [0.15, 0.2) is 35.6 Å². The molecule has 0 radical (unpaired) electrons. The summed E-state index contributed by atoms with van der Waals surface area (Å²) in [5, 5.41) is 11.4. The van der Waals surface area contributed by atoms with Crippen LogP contribution in [0.3, 0.4) is 0 Å². The van der Waals surface area contributed by atoms with E-state index in [4.69, 9.17) is 0 Å². The second-order valence-electron chi connectivity index (χ2n) is 8.04. The number of nitrogens with one attached hydrogen (secondary N) is 2. The molecule has 1 aliphatic heterocycles. The van der Waals surface area contributed by atoms with Crippen molar-refractivity contribution in [3.8, 4) is 0 Å². The summed E-state index contributed by atoms with van der Waals surface area (Å²) in [6.07, 6.45) is 6.55. The van der Waals surface area contributed by atoms with Gasteiger partial charge in [0, 0.05) is 32.6 Å². The number of guanidine groups is 1. The summed E-state index contributed by atoms with van der Waals surface area (Å²) in [6.45, 7) is 0.887. The normalized spacial score (nSPS) is 21.1. The standard InChI is InChI=1S/C21H29N7O/c1-27(2)20(29)12-22-21(26-18-9-10-19-23-14-24-28(19)13-18)25-17-8-7-15-5-3-4-6-16(15)11-17/h3-6,14,17-18H,7-13H2,1-2H3,(H2,22,25,26). The second-order valence-corrected chi connectivity index (χ2v) is 8.04. The predicted octanol–water partition coefficient (Wildman–Crippen LogP) is 0.774. The SMILES string of the molecule is CN(C)C(=O)CN=C(NC1CCc2ccccc2C1)NC1CCc2ncnn2C1. The maximum atomic E-state index is 12.1. The highest BCUT2D eigenvalue weighted by Gasteiger charge is 2.23. The predicted molar refractivity (Wildman–Crippen MR) is 112 cm³/mol. The highest BCUT2D eigenvalue weighted by Crippen LogP contribution is 2.21. The van der Waals surface area contributed by atoms with Gasteiger partial charge in [-0.1, -0.05) is 24.3 Å². The molecule has 154 valence electrons. The Bertz CT molecular complexity index is 889. The van der Waals surface area contributed by atoms with Crippen molar-refractivity contribution in [1.29, 1.82) is 0 Å². The molecule has 2 atom stereocenters. The van der Waals surface area contributed by atoms with Gasteiger partial charge in [0.2, 0.25) is 5.91 Å². The molecule has 1 aromatic heterocycles. The lowest BCUT2D eigenvalue weighted by atomic mass is 9.88. The van der Waals surface area contributed by atoms with Crippen LogP contribution in [0.4, 0.5) is 0 Å². The number of carbonyl (C=O) groups excluding carboxylic acids is 1. The van der Waals surface area contributed by atoms with E-state index in [9.17, 15) is 4.79 Å². The van der Waals surface area contributed by atoms with Crippen molar-refractivity contribution >= 4 is 11.9 Å². The number of hydrogen-bond acceptors (Lipinski definition) is 4. The third-order valence-corrected chi connectivity index (χ3v) is 5.71. The maximum absolute atomic E-state index is 12.1. The molecule has 1 aliphatic carbocycles. The molecule has 0 bridgehead atoms. The van der Waals surface area contributed by atoms with Crippen LogP contribution in [0.5, 0.6) is 0 Å². The minimum atomic E-state index is -0.0118. The van der Waals surface area contributed by atoms with Gasteiger partial charge in [-0.3, -0.25) is 4.79 Å². The molecule has 2 heterocycles. The quantitative estimate of drug-likeness (QED) is 0.590. The van der Waals surface area contributed by atoms with Crippen LogP contribution in [-0.2, 0) is 30.6 Å². The summed E-state index contributed by atoms with van der Waals surface area (Å²) in [7, 11) is 3.51. The van der Waals surface area contributed by atoms with Crippen LogP contribution in [-0.4, -0.2) is 64.3 Å². The average molecular weight is 396 g/mol. The Kier molecular flexibility index (Phi) is 5.78. The number of nitrogens with zero attached hydrogens (tertiary/aromatic N) is 5. The number of aliphatic imine (C=N–C) groups is 1. The molecule has 0 saturated heterocycles. The first-order chi connectivity index (χ1) is 14.1. The van der Waals surface area contributed by atoms with Crippen LogP contribution in [0.1, 0.15) is 29.8 Å². The number of rotatable bonds is 4. The lowest BCUT2D eigenvalue weighted by Gasteiger charge is -2.30. The Morgan fingerprint density at radius 3 is 2.76 bits per heavy atom. The first-order valence-corrected chi connectivity index (χ1v) is 10.3. The summed E-state index contributed by atoms with van der Waals surface area (Å²) in [5.41, 5.74) is 2.83. The van der Waals surface area contributed by atoms with E-state index >= 15 is 0 Å². The van der Waals surface area contributed by atoms with Gasteiger partial charge in [-0.15, -0.1) is 0 Å². The molecule has 0 saturated carbocycles. The molecule has 2 aromatic rings. The lowest BCUT2D eigenvalue weighted by molar-refractivity contribution is -0.127. The largest absolute Gasteiger partial charge is 0.353 e. The van der Waals surface area contributed by atoms with Gasteiger partial charge in [0.05, 0.1) is 6.54 Å². The van der Waals surface area contributed by atoms with E-state index in [-0.39, 0.29) is 18.5 Å². The summed E-state index contributed by atoms with van der Waals surface area (Å²) >= 11 is 0. The molecule has 8 nitrogen and oxygen atoms in total. The van der Waals surface area contributed by atoms with Crippen molar-refractivity contribution in [2.75, 3.05) is 20.6 Å². The number of likely N-dealkylation sites (N-methyl/N-ethyl adjacent to an activating group) is 1. The zero-order valence-electron chi connectivity index (χ0n) is 17.1. The van der Waals surface area contributed by atoms with Gasteiger partial charge in [0.15, 0.2) is 5.96 Å². The van der Waals surface area contributed by atoms with Crippen molar-refractivity contribution in [2.24, 2.45) is 4.99 Å². The van der Waals surface area contributed by atoms with Crippen molar-refractivity contribution < 1.29 is 4.79 Å². The molecule has 2 aliphatic rings. The van der Waals surface area contributed by atoms with Gasteiger partial charge in [-0.25, -0.2) is 14.7 Å². The van der Waals surface area contributed by atoms with Crippen LogP contribution < -0.4 is 10.6 Å². The third-order valence-electron chi connectivity index (χ3n) is 5.71. The molecule has 2 N–H and O–H groups in total. The summed E-state index contributed by atoms with van der Waals surface area (Å²) in [5.74, 6) is 1.72. The van der Waals surface area contributed by atoms with E-state index in [0.29, 0.717) is 12.0 Å². The third kappa shape index (κ3) is 4.75. The Hall–Kier alpha value is -2.90. The molecular formula is C21H29N7O. The number of hydrogen-bond donors (Lipinski definition) is 2. The maximum Gasteiger partial charge on any atom is 0.243 e. The van der Waals surface area contributed by atoms with Gasteiger partial charge in [0.1, 0.15) is 18.7 Å². The highest BCUT2D eigenvalue weighted by atomic mass is 16.2. The number of aryl methyl sites for hydroxylation is 2. The van der Waals surface area contributed by atoms with Crippen LogP contribution >= 0.6 is 0 Å². The number of amides is 1. The monoisotopic (exact) mass is 395 g/mol. The summed E-state index contributed by atoms with van der Waals surface area (Å²) < 4.78 is 1.95. The molecular weight excluding hydrogens is 366 g/mol. The molecule has 0 fully saturated rings. The zero-order chi connectivity index (χ0) is 20.2. The van der Waals surface area contributed by atoms with E-state index in [2.05, 4.69) is 50.0 Å². The zero-order valence-corrected chi connectivity index (χ0v) is 17.1. The molecule has 1 amide bonds. The number of benzene rings is 1. The minimum absolute atomic E-state index is 0.0118. The van der Waals surface area contributed by atoms with Crippen LogP contribution in [0, 0.1) is 0 Å². The molecule has 1 aromatic carbocycles. The van der Waals surface area contributed by atoms with Crippen molar-refractivity contribution in [1.82, 2.24) is 30.3 Å². The Balaban J connectivity index is 1.44. The molecule has 2 unspecified atom stereocenters. The number of carbonyl (C=O) groups is 1. The fourth-order valence-corrected chi connectivity index (χ4v) is 3.98. The molecule has 29 heavy (non-hydrogen) atoms. The fourth-order valence-electron chi connectivity index (χ4n) is 3.98. The topological polar surface area (TPSA) is 87.4 Å². The van der Waals surface area contributed by atoms with Gasteiger partial charge < -0.3 is 15.5 Å². The van der Waals surface area contributed by atoms with Crippen molar-refractivity contribution in [3.63, 3.8) is 0 Å². The first-order valence-electron chi connectivity index (χ1n) is 10.3. The second kappa shape index (κ2) is 8.63. The smallest absolute Gasteiger partial charge is 0.243 e. The number of fused-ring (bicyclic) bond motifs is 2. The average Bonchev–Trinajstić information content (AvgIpc) is 3.19. The fraction of sp³-hybridized carbons (Fsp3) is 0.524. The van der Waals surface area contributed by atoms with Gasteiger partial charge in [0.25, 0.3) is 0 Å². The van der Waals surface area contributed by atoms with Crippen molar-refractivity contribution in [3.05, 3.63) is 47.5 Å². The summed E-state index contributed by atoms with van der Waals surface area (Å²) in [4.78, 5) is 22.5. The van der Waals surface area contributed by atoms with E-state index in [1.807, 2.05) is 4.68 Å². The Labute approximate surface area is 171 Å². The lowest BCUT2D eigenvalue weighted by Crippen LogP contribution is -2.51. The van der Waals surface area contributed by atoms with E-state index in [1.54, 1.807) is 25.3 Å². The highest BCUT2D eigenvalue weighted by molar-refractivity contribution is 5.85. The van der Waals surface area contributed by atoms with Gasteiger partial charge in [-0.2, -0.15) is 5.10 Å².